The van der Waals surface area contributed by atoms with Crippen LogP contribution in [-0.4, -0.2) is 84.4 Å². The van der Waals surface area contributed by atoms with E-state index in [0.29, 0.717) is 5.56 Å². The zero-order chi connectivity index (χ0) is 31.6. The van der Waals surface area contributed by atoms with Crippen LogP contribution in [0.3, 0.4) is 0 Å². The number of likely N-dealkylation sites (tertiary alicyclic amines) is 1. The number of alkyl halides is 3. The van der Waals surface area contributed by atoms with Crippen LogP contribution in [0.1, 0.15) is 45.9 Å². The molecular weight excluding hydrogens is 570 g/mol. The maximum absolute atomic E-state index is 14.8. The average molecular weight is 604 g/mol. The highest BCUT2D eigenvalue weighted by Gasteiger charge is 2.54. The number of nitrogens with zero attached hydrogens (tertiary/aromatic N) is 5. The quantitative estimate of drug-likeness (QED) is 0.234. The number of nitrogen functional groups attached to an aromatic ring is 1. The van der Waals surface area contributed by atoms with Gasteiger partial charge in [0.25, 0.3) is 5.91 Å². The van der Waals surface area contributed by atoms with Gasteiger partial charge >= 0.3 is 12.2 Å². The molecule has 1 aliphatic rings. The SMILES string of the molecule is COc1c(C2CCCN(C(=O)N(C)C)C2C(F)(F)F)nn(C(=O)c2ccccc2F)c1N(C)Cc1ccc(C(=N)N)cc1. The van der Waals surface area contributed by atoms with E-state index in [9.17, 15) is 27.2 Å². The van der Waals surface area contributed by atoms with Crippen molar-refractivity contribution in [1.82, 2.24) is 19.6 Å². The molecule has 14 heteroatoms. The lowest BCUT2D eigenvalue weighted by atomic mass is 9.85. The second kappa shape index (κ2) is 12.3. The Hall–Kier alpha value is -4.62. The van der Waals surface area contributed by atoms with Gasteiger partial charge in [0.1, 0.15) is 23.4 Å². The number of amidine groups is 1. The molecule has 0 aliphatic carbocycles. The van der Waals surface area contributed by atoms with Gasteiger partial charge < -0.3 is 25.2 Å². The summed E-state index contributed by atoms with van der Waals surface area (Å²) in [5.41, 5.74) is 6.26. The van der Waals surface area contributed by atoms with Crippen LogP contribution >= 0.6 is 0 Å². The number of carbonyl (C=O) groups is 2. The highest BCUT2D eigenvalue weighted by molar-refractivity contribution is 5.98. The van der Waals surface area contributed by atoms with Crippen molar-refractivity contribution < 1.29 is 31.9 Å². The molecule has 2 amide bonds. The molecule has 0 bridgehead atoms. The van der Waals surface area contributed by atoms with Crippen LogP contribution < -0.4 is 15.4 Å². The molecule has 2 atom stereocenters. The van der Waals surface area contributed by atoms with Crippen molar-refractivity contribution in [2.24, 2.45) is 5.73 Å². The molecule has 0 saturated carbocycles. The molecule has 1 aliphatic heterocycles. The van der Waals surface area contributed by atoms with Crippen molar-refractivity contribution in [3.8, 4) is 5.75 Å². The first-order chi connectivity index (χ1) is 20.3. The van der Waals surface area contributed by atoms with Crippen molar-refractivity contribution in [2.45, 2.75) is 37.5 Å². The molecule has 2 aromatic carbocycles. The Labute approximate surface area is 246 Å². The molecule has 4 rings (SSSR count). The Morgan fingerprint density at radius 1 is 1.12 bits per heavy atom. The number of rotatable bonds is 7. The fraction of sp³-hybridized carbons (Fsp3) is 0.379. The minimum Gasteiger partial charge on any atom is -0.491 e. The molecule has 1 aromatic heterocycles. The number of amides is 2. The number of urea groups is 1. The lowest BCUT2D eigenvalue weighted by Gasteiger charge is -2.42. The van der Waals surface area contributed by atoms with E-state index in [1.807, 2.05) is 0 Å². The second-order valence-electron chi connectivity index (χ2n) is 10.5. The number of halogens is 4. The summed E-state index contributed by atoms with van der Waals surface area (Å²) in [7, 11) is 5.60. The summed E-state index contributed by atoms with van der Waals surface area (Å²) in [5.74, 6) is -3.30. The third-order valence-corrected chi connectivity index (χ3v) is 7.34. The number of benzene rings is 2. The number of hydrogen-bond donors (Lipinski definition) is 2. The van der Waals surface area contributed by atoms with Crippen LogP contribution in [0.25, 0.3) is 0 Å². The highest BCUT2D eigenvalue weighted by atomic mass is 19.4. The van der Waals surface area contributed by atoms with E-state index in [1.54, 1.807) is 36.2 Å². The zero-order valence-corrected chi connectivity index (χ0v) is 24.2. The van der Waals surface area contributed by atoms with Gasteiger partial charge in [-0.15, -0.1) is 0 Å². The standard InChI is InChI=1S/C29H33F4N7O3/c1-37(2)28(42)39-15-7-9-20(24(39)29(31,32)33)22-23(43-4)26(38(3)16-17-11-13-18(14-12-17)25(34)35)40(36-22)27(41)19-8-5-6-10-21(19)30/h5-6,8,10-14,20,24H,7,9,15-16H2,1-4H3,(H3,34,35). The van der Waals surface area contributed by atoms with Crippen LogP contribution in [0.2, 0.25) is 0 Å². The molecule has 1 saturated heterocycles. The second-order valence-corrected chi connectivity index (χ2v) is 10.5. The Morgan fingerprint density at radius 2 is 1.77 bits per heavy atom. The van der Waals surface area contributed by atoms with Crippen molar-refractivity contribution in [2.75, 3.05) is 39.7 Å². The highest BCUT2D eigenvalue weighted by Crippen LogP contribution is 2.46. The van der Waals surface area contributed by atoms with Crippen LogP contribution in [0.4, 0.5) is 28.2 Å². The number of piperidine rings is 1. The van der Waals surface area contributed by atoms with E-state index in [4.69, 9.17) is 15.9 Å². The molecule has 10 nitrogen and oxygen atoms in total. The maximum Gasteiger partial charge on any atom is 0.409 e. The Morgan fingerprint density at radius 3 is 2.33 bits per heavy atom. The van der Waals surface area contributed by atoms with Crippen LogP contribution in [0.15, 0.2) is 48.5 Å². The number of carbonyl (C=O) groups excluding carboxylic acids is 2. The normalized spacial score (nSPS) is 17.0. The average Bonchev–Trinajstić information content (AvgIpc) is 3.36. The number of methoxy groups -OCH3 is 1. The Kier molecular flexibility index (Phi) is 8.97. The molecule has 0 radical (unpaired) electrons. The number of ether oxygens (including phenoxy) is 1. The predicted octanol–water partition coefficient (Wildman–Crippen LogP) is 4.43. The van der Waals surface area contributed by atoms with Gasteiger partial charge in [-0.3, -0.25) is 10.2 Å². The lowest BCUT2D eigenvalue weighted by Crippen LogP contribution is -2.57. The summed E-state index contributed by atoms with van der Waals surface area (Å²) in [6.07, 6.45) is -4.56. The van der Waals surface area contributed by atoms with Crippen molar-refractivity contribution in [1.29, 1.82) is 5.41 Å². The molecule has 43 heavy (non-hydrogen) atoms. The summed E-state index contributed by atoms with van der Waals surface area (Å²) in [6.45, 7) is 0.0285. The minimum absolute atomic E-state index is 0.0122. The summed E-state index contributed by atoms with van der Waals surface area (Å²) < 4.78 is 65.3. The molecule has 230 valence electrons. The molecule has 2 unspecified atom stereocenters. The summed E-state index contributed by atoms with van der Waals surface area (Å²) >= 11 is 0. The first-order valence-corrected chi connectivity index (χ1v) is 13.4. The smallest absolute Gasteiger partial charge is 0.409 e. The summed E-state index contributed by atoms with van der Waals surface area (Å²) in [4.78, 5) is 30.0. The van der Waals surface area contributed by atoms with Crippen LogP contribution in [-0.2, 0) is 6.54 Å². The molecule has 3 N–H and O–H groups in total. The molecule has 0 spiro atoms. The van der Waals surface area contributed by atoms with Crippen molar-refractivity contribution >= 4 is 23.6 Å². The maximum atomic E-state index is 14.8. The van der Waals surface area contributed by atoms with E-state index < -0.39 is 35.9 Å². The molecule has 3 aromatic rings. The first-order valence-electron chi connectivity index (χ1n) is 13.4. The molecule has 2 heterocycles. The summed E-state index contributed by atoms with van der Waals surface area (Å²) in [5, 5.41) is 12.0. The largest absolute Gasteiger partial charge is 0.491 e. The van der Waals surface area contributed by atoms with Gasteiger partial charge in [-0.25, -0.2) is 9.18 Å². The third kappa shape index (κ3) is 6.27. The number of hydrogen-bond acceptors (Lipinski definition) is 6. The first kappa shape index (κ1) is 31.3. The monoisotopic (exact) mass is 603 g/mol. The number of nitrogens with one attached hydrogen (secondary N) is 1. The van der Waals surface area contributed by atoms with E-state index >= 15 is 0 Å². The Bertz CT molecular complexity index is 1500. The fourth-order valence-electron chi connectivity index (χ4n) is 5.37. The van der Waals surface area contributed by atoms with Crippen molar-refractivity contribution in [3.05, 3.63) is 76.7 Å². The van der Waals surface area contributed by atoms with Gasteiger partial charge in [0.05, 0.1) is 12.7 Å². The number of aromatic nitrogens is 2. The van der Waals surface area contributed by atoms with Gasteiger partial charge in [0.2, 0.25) is 0 Å². The van der Waals surface area contributed by atoms with Gasteiger partial charge in [-0.05, 0) is 30.5 Å². The fourth-order valence-corrected chi connectivity index (χ4v) is 5.37. The predicted molar refractivity (Wildman–Crippen MR) is 152 cm³/mol. The zero-order valence-electron chi connectivity index (χ0n) is 24.2. The molecule has 1 fully saturated rings. The van der Waals surface area contributed by atoms with E-state index in [2.05, 4.69) is 5.10 Å². The Balaban J connectivity index is 1.88. The van der Waals surface area contributed by atoms with E-state index in [0.717, 1.165) is 26.1 Å². The minimum atomic E-state index is -4.83. The number of nitrogens with two attached hydrogens (primary N) is 1. The summed E-state index contributed by atoms with van der Waals surface area (Å²) in [6, 6.07) is 8.89. The van der Waals surface area contributed by atoms with Crippen LogP contribution in [0.5, 0.6) is 5.75 Å². The lowest BCUT2D eigenvalue weighted by molar-refractivity contribution is -0.189. The van der Waals surface area contributed by atoms with Crippen molar-refractivity contribution in [3.63, 3.8) is 0 Å². The van der Waals surface area contributed by atoms with Gasteiger partial charge in [-0.1, -0.05) is 36.4 Å². The third-order valence-electron chi connectivity index (χ3n) is 7.34. The topological polar surface area (TPSA) is 121 Å². The van der Waals surface area contributed by atoms with Crippen LogP contribution in [0, 0.1) is 11.2 Å². The van der Waals surface area contributed by atoms with Gasteiger partial charge in [-0.2, -0.15) is 23.0 Å². The van der Waals surface area contributed by atoms with Gasteiger partial charge in [0, 0.05) is 45.7 Å². The van der Waals surface area contributed by atoms with E-state index in [-0.39, 0.29) is 54.6 Å². The number of anilines is 1. The van der Waals surface area contributed by atoms with Gasteiger partial charge in [0.15, 0.2) is 11.6 Å². The molecular formula is C29H33F4N7O3. The van der Waals surface area contributed by atoms with E-state index in [1.165, 1.54) is 39.4 Å².